The van der Waals surface area contributed by atoms with E-state index in [0.717, 1.165) is 0 Å². The van der Waals surface area contributed by atoms with Crippen LogP contribution in [0.2, 0.25) is 5.02 Å². The Hall–Kier alpha value is -1.92. The first-order valence-corrected chi connectivity index (χ1v) is 5.07. The topological polar surface area (TPSA) is 75.9 Å². The van der Waals surface area contributed by atoms with Crippen LogP contribution in [0, 0.1) is 5.82 Å². The summed E-state index contributed by atoms with van der Waals surface area (Å²) >= 11 is 5.73. The van der Waals surface area contributed by atoms with Crippen molar-refractivity contribution in [1.29, 1.82) is 0 Å². The molecule has 0 radical (unpaired) electrons. The molecule has 0 spiro atoms. The number of aromatic nitrogens is 2. The van der Waals surface area contributed by atoms with Crippen LogP contribution in [-0.2, 0) is 0 Å². The Morgan fingerprint density at radius 2 is 1.88 bits per heavy atom. The first kappa shape index (κ1) is 11.6. The molecule has 1 aromatic carbocycles. The normalized spacial score (nSPS) is 10.1. The molecule has 7 heteroatoms. The van der Waals surface area contributed by atoms with Gasteiger partial charge in [-0.25, -0.2) is 20.2 Å². The Labute approximate surface area is 102 Å². The number of benzene rings is 1. The van der Waals surface area contributed by atoms with Crippen molar-refractivity contribution in [3.63, 3.8) is 0 Å². The minimum atomic E-state index is -0.425. The fourth-order valence-electron chi connectivity index (χ4n) is 1.28. The summed E-state index contributed by atoms with van der Waals surface area (Å²) < 4.78 is 13.1. The Morgan fingerprint density at radius 1 is 1.12 bits per heavy atom. The number of hydrogen-bond acceptors (Lipinski definition) is 5. The number of nitrogens with one attached hydrogen (secondary N) is 2. The van der Waals surface area contributed by atoms with E-state index >= 15 is 0 Å². The third-order valence-electron chi connectivity index (χ3n) is 1.95. The van der Waals surface area contributed by atoms with Gasteiger partial charge in [0.15, 0.2) is 0 Å². The van der Waals surface area contributed by atoms with Gasteiger partial charge in [0, 0.05) is 16.8 Å². The van der Waals surface area contributed by atoms with E-state index in [-0.39, 0.29) is 0 Å². The second-order valence-corrected chi connectivity index (χ2v) is 3.65. The predicted octanol–water partition coefficient (Wildman–Crippen LogP) is 2.30. The fraction of sp³-hybridized carbons (Fsp3) is 0. The van der Waals surface area contributed by atoms with E-state index in [4.69, 9.17) is 17.4 Å². The van der Waals surface area contributed by atoms with Crippen molar-refractivity contribution in [1.82, 2.24) is 9.97 Å². The highest BCUT2D eigenvalue weighted by Gasteiger charge is 2.01. The van der Waals surface area contributed by atoms with Crippen molar-refractivity contribution < 1.29 is 4.39 Å². The van der Waals surface area contributed by atoms with Crippen LogP contribution in [-0.4, -0.2) is 9.97 Å². The minimum absolute atomic E-state index is 0.304. The van der Waals surface area contributed by atoms with E-state index in [1.54, 1.807) is 12.1 Å². The van der Waals surface area contributed by atoms with Gasteiger partial charge in [-0.3, -0.25) is 0 Å². The van der Waals surface area contributed by atoms with Crippen LogP contribution < -0.4 is 16.6 Å². The van der Waals surface area contributed by atoms with Gasteiger partial charge in [0.1, 0.15) is 23.8 Å². The molecule has 2 rings (SSSR count). The summed E-state index contributed by atoms with van der Waals surface area (Å²) in [5.41, 5.74) is 2.88. The third-order valence-corrected chi connectivity index (χ3v) is 2.17. The Kier molecular flexibility index (Phi) is 3.36. The van der Waals surface area contributed by atoms with Crippen molar-refractivity contribution in [2.24, 2.45) is 5.84 Å². The molecule has 5 nitrogen and oxygen atoms in total. The number of hydrazine groups is 1. The molecular weight excluding hydrogens is 245 g/mol. The molecule has 0 aliphatic heterocycles. The van der Waals surface area contributed by atoms with Crippen molar-refractivity contribution in [2.75, 3.05) is 10.7 Å². The van der Waals surface area contributed by atoms with Gasteiger partial charge in [-0.15, -0.1) is 0 Å². The molecule has 2 aromatic rings. The molecule has 0 amide bonds. The summed E-state index contributed by atoms with van der Waals surface area (Å²) in [6.07, 6.45) is 1.33. The van der Waals surface area contributed by atoms with Crippen LogP contribution in [0.4, 0.5) is 21.7 Å². The maximum Gasteiger partial charge on any atom is 0.145 e. The molecule has 0 bridgehead atoms. The smallest absolute Gasteiger partial charge is 0.145 e. The molecule has 0 fully saturated rings. The average Bonchev–Trinajstić information content (AvgIpc) is 2.28. The zero-order valence-corrected chi connectivity index (χ0v) is 9.37. The highest BCUT2D eigenvalue weighted by atomic mass is 35.5. The molecule has 17 heavy (non-hydrogen) atoms. The number of rotatable bonds is 3. The molecule has 0 unspecified atom stereocenters. The van der Waals surface area contributed by atoms with E-state index < -0.39 is 5.82 Å². The van der Waals surface area contributed by atoms with Gasteiger partial charge in [-0.2, -0.15) is 0 Å². The highest BCUT2D eigenvalue weighted by Crippen LogP contribution is 2.21. The van der Waals surface area contributed by atoms with Gasteiger partial charge in [-0.05, 0) is 18.2 Å². The van der Waals surface area contributed by atoms with Gasteiger partial charge in [-0.1, -0.05) is 11.6 Å². The monoisotopic (exact) mass is 253 g/mol. The van der Waals surface area contributed by atoms with E-state index in [0.29, 0.717) is 22.3 Å². The number of nitrogens with two attached hydrogens (primary N) is 1. The summed E-state index contributed by atoms with van der Waals surface area (Å²) in [4.78, 5) is 7.81. The lowest BCUT2D eigenvalue weighted by Crippen LogP contribution is -2.09. The standard InChI is InChI=1S/C10H9ClFN5/c11-6-1-7(12)3-8(2-6)16-9-4-10(17-13)15-5-14-9/h1-5H,13H2,(H2,14,15,16,17). The number of hydrogen-bond donors (Lipinski definition) is 3. The Balaban J connectivity index is 2.24. The first-order valence-electron chi connectivity index (χ1n) is 4.69. The largest absolute Gasteiger partial charge is 0.340 e. The lowest BCUT2D eigenvalue weighted by atomic mass is 10.3. The fourth-order valence-corrected chi connectivity index (χ4v) is 1.50. The van der Waals surface area contributed by atoms with Crippen LogP contribution in [0.25, 0.3) is 0 Å². The van der Waals surface area contributed by atoms with Gasteiger partial charge in [0.25, 0.3) is 0 Å². The second-order valence-electron chi connectivity index (χ2n) is 3.22. The predicted molar refractivity (Wildman–Crippen MR) is 64.5 cm³/mol. The van der Waals surface area contributed by atoms with Gasteiger partial charge in [0.05, 0.1) is 0 Å². The zero-order chi connectivity index (χ0) is 12.3. The van der Waals surface area contributed by atoms with E-state index in [9.17, 15) is 4.39 Å². The molecule has 1 aromatic heterocycles. The summed E-state index contributed by atoms with van der Waals surface area (Å²) in [6.45, 7) is 0. The number of nitrogens with zero attached hydrogens (tertiary/aromatic N) is 2. The van der Waals surface area contributed by atoms with Crippen LogP contribution >= 0.6 is 11.6 Å². The Morgan fingerprint density at radius 3 is 2.59 bits per heavy atom. The van der Waals surface area contributed by atoms with E-state index in [1.807, 2.05) is 0 Å². The van der Waals surface area contributed by atoms with E-state index in [1.165, 1.54) is 18.5 Å². The lowest BCUT2D eigenvalue weighted by molar-refractivity contribution is 0.628. The maximum absolute atomic E-state index is 13.1. The molecular formula is C10H9ClFN5. The quantitative estimate of drug-likeness (QED) is 0.578. The Bertz CT molecular complexity index is 514. The van der Waals surface area contributed by atoms with Crippen molar-refractivity contribution in [3.05, 3.63) is 41.4 Å². The number of nitrogen functional groups attached to an aromatic ring is 1. The number of halogens is 2. The minimum Gasteiger partial charge on any atom is -0.340 e. The third kappa shape index (κ3) is 3.02. The first-order chi connectivity index (χ1) is 8.17. The van der Waals surface area contributed by atoms with Crippen molar-refractivity contribution in [2.45, 2.75) is 0 Å². The molecule has 0 aliphatic rings. The highest BCUT2D eigenvalue weighted by molar-refractivity contribution is 6.30. The summed E-state index contributed by atoms with van der Waals surface area (Å²) in [7, 11) is 0. The molecule has 0 saturated heterocycles. The molecule has 88 valence electrons. The van der Waals surface area contributed by atoms with Crippen molar-refractivity contribution >= 4 is 28.9 Å². The van der Waals surface area contributed by atoms with Crippen molar-refractivity contribution in [3.8, 4) is 0 Å². The summed E-state index contributed by atoms with van der Waals surface area (Å²) in [6, 6.07) is 5.70. The molecule has 0 atom stereocenters. The second kappa shape index (κ2) is 4.94. The van der Waals surface area contributed by atoms with Crippen LogP contribution in [0.3, 0.4) is 0 Å². The van der Waals surface area contributed by atoms with Crippen LogP contribution in [0.5, 0.6) is 0 Å². The maximum atomic E-state index is 13.1. The molecule has 1 heterocycles. The average molecular weight is 254 g/mol. The van der Waals surface area contributed by atoms with Gasteiger partial charge in [0.2, 0.25) is 0 Å². The lowest BCUT2D eigenvalue weighted by Gasteiger charge is -2.07. The molecule has 4 N–H and O–H groups in total. The van der Waals surface area contributed by atoms with Crippen LogP contribution in [0.1, 0.15) is 0 Å². The summed E-state index contributed by atoms with van der Waals surface area (Å²) in [5, 5.41) is 3.19. The van der Waals surface area contributed by atoms with E-state index in [2.05, 4.69) is 20.7 Å². The SMILES string of the molecule is NNc1cc(Nc2cc(F)cc(Cl)c2)ncn1. The zero-order valence-electron chi connectivity index (χ0n) is 8.61. The van der Waals surface area contributed by atoms with Gasteiger partial charge >= 0.3 is 0 Å². The number of anilines is 3. The molecule has 0 saturated carbocycles. The summed E-state index contributed by atoms with van der Waals surface area (Å²) in [5.74, 6) is 5.72. The van der Waals surface area contributed by atoms with Gasteiger partial charge < -0.3 is 10.7 Å². The van der Waals surface area contributed by atoms with Crippen LogP contribution in [0.15, 0.2) is 30.6 Å². The molecule has 0 aliphatic carbocycles.